The Morgan fingerprint density at radius 1 is 1.12 bits per heavy atom. The minimum atomic E-state index is -1.17. The molecule has 1 amide bonds. The number of amides is 1. The maximum Gasteiger partial charge on any atom is 0.412 e. The van der Waals surface area contributed by atoms with E-state index in [4.69, 9.17) is 28.4 Å². The van der Waals surface area contributed by atoms with Crippen LogP contribution in [0, 0.1) is 11.8 Å². The van der Waals surface area contributed by atoms with Crippen LogP contribution in [0.2, 0.25) is 0 Å². The summed E-state index contributed by atoms with van der Waals surface area (Å²) in [6, 6.07) is 8.82. The highest BCUT2D eigenvalue weighted by Gasteiger charge is 2.51. The van der Waals surface area contributed by atoms with Crippen LogP contribution in [0.4, 0.5) is 10.5 Å². The van der Waals surface area contributed by atoms with Crippen LogP contribution in [0.25, 0.3) is 0 Å². The standard InChI is InChI=1S/C37H56N2O9/c1-12-28-36(7)19-21(2)30(48-36)22(3)20-37(8,43-11)32(24(5)29(40)25(6)33(41)45-28)47-34-31(27(39(9)10)18-23(4)44-34)46-35(42)38-26-16-14-13-15-17-26/h13-17,19,23-25,27-29,31-32,34,40H,12,18,20H2,1-11H3,(H,38,42)/t23?,24-,25+,27?,28+,29-,31?,32+,34?,36-,37+/m0/s1. The third-order valence-corrected chi connectivity index (χ3v) is 10.2. The van der Waals surface area contributed by atoms with Crippen LogP contribution < -0.4 is 5.32 Å². The number of allylic oxidation sites excluding steroid dienone is 1. The van der Waals surface area contributed by atoms with Crippen LogP contribution in [0.5, 0.6) is 0 Å². The number of benzene rings is 1. The van der Waals surface area contributed by atoms with Gasteiger partial charge in [0, 0.05) is 25.1 Å². The first-order valence-electron chi connectivity index (χ1n) is 17.1. The van der Waals surface area contributed by atoms with E-state index in [2.05, 4.69) is 5.32 Å². The third kappa shape index (κ3) is 8.08. The SMILES string of the molecule is CC[C@H]1OC(=O)[C@H](C)[C@@H](O)[C@H](C)[C@@H](OC2OC(C)CC(N(C)C)C2OC(=O)Nc2ccccc2)[C@](C)(OC)CC(C)=C2O[C@@]1(C)C=C2C. The number of hydrogen-bond acceptors (Lipinski definition) is 10. The molecule has 1 aromatic rings. The van der Waals surface area contributed by atoms with Crippen molar-refractivity contribution in [3.8, 4) is 0 Å². The van der Waals surface area contributed by atoms with Crippen LogP contribution >= 0.6 is 0 Å². The fourth-order valence-electron chi connectivity index (χ4n) is 7.46. The van der Waals surface area contributed by atoms with Gasteiger partial charge in [-0.3, -0.25) is 10.1 Å². The van der Waals surface area contributed by atoms with Gasteiger partial charge in [0.25, 0.3) is 0 Å². The molecule has 3 heterocycles. The summed E-state index contributed by atoms with van der Waals surface area (Å²) in [7, 11) is 5.45. The lowest BCUT2D eigenvalue weighted by Crippen LogP contribution is -2.60. The van der Waals surface area contributed by atoms with Crippen molar-refractivity contribution < 1.29 is 43.1 Å². The number of aliphatic hydroxyl groups is 1. The van der Waals surface area contributed by atoms with Crippen LogP contribution in [-0.4, -0.2) is 97.3 Å². The highest BCUT2D eigenvalue weighted by atomic mass is 16.7. The summed E-state index contributed by atoms with van der Waals surface area (Å²) in [5, 5.41) is 14.6. The quantitative estimate of drug-likeness (QED) is 0.342. The summed E-state index contributed by atoms with van der Waals surface area (Å²) in [5.74, 6) is -1.37. The maximum atomic E-state index is 13.6. The number of aliphatic hydroxyl groups excluding tert-OH is 1. The van der Waals surface area contributed by atoms with Crippen molar-refractivity contribution >= 4 is 17.7 Å². The number of cyclic esters (lactones) is 1. The van der Waals surface area contributed by atoms with E-state index in [0.717, 1.165) is 11.1 Å². The van der Waals surface area contributed by atoms with Gasteiger partial charge < -0.3 is 38.4 Å². The first kappa shape index (κ1) is 37.9. The van der Waals surface area contributed by atoms with Crippen molar-refractivity contribution in [2.75, 3.05) is 26.5 Å². The van der Waals surface area contributed by atoms with Crippen LogP contribution in [0.1, 0.15) is 74.7 Å². The van der Waals surface area contributed by atoms with Crippen molar-refractivity contribution in [2.24, 2.45) is 11.8 Å². The Bertz CT molecular complexity index is 1350. The van der Waals surface area contributed by atoms with E-state index < -0.39 is 65.8 Å². The molecule has 0 radical (unpaired) electrons. The molecule has 11 nitrogen and oxygen atoms in total. The van der Waals surface area contributed by atoms with E-state index in [9.17, 15) is 14.7 Å². The van der Waals surface area contributed by atoms with E-state index in [1.807, 2.05) is 91.7 Å². The zero-order valence-corrected chi connectivity index (χ0v) is 30.4. The largest absolute Gasteiger partial charge is 0.479 e. The molecule has 1 aromatic carbocycles. The van der Waals surface area contributed by atoms with Crippen molar-refractivity contribution in [3.63, 3.8) is 0 Å². The summed E-state index contributed by atoms with van der Waals surface area (Å²) in [4.78, 5) is 28.8. The minimum Gasteiger partial charge on any atom is -0.479 e. The number of para-hydroxylation sites is 1. The summed E-state index contributed by atoms with van der Waals surface area (Å²) in [5.41, 5.74) is 0.535. The molecule has 3 aliphatic rings. The molecule has 4 unspecified atom stereocenters. The number of nitrogens with zero attached hydrogens (tertiary/aromatic N) is 1. The number of methoxy groups -OCH3 is 1. The van der Waals surface area contributed by atoms with E-state index in [0.29, 0.717) is 30.7 Å². The Kier molecular flexibility index (Phi) is 12.1. The molecule has 11 atom stereocenters. The smallest absolute Gasteiger partial charge is 0.412 e. The molecule has 48 heavy (non-hydrogen) atoms. The number of anilines is 1. The molecule has 4 rings (SSSR count). The number of esters is 1. The average molecular weight is 673 g/mol. The first-order valence-corrected chi connectivity index (χ1v) is 17.1. The number of carbonyl (C=O) groups excluding carboxylic acids is 2. The van der Waals surface area contributed by atoms with Crippen molar-refractivity contribution in [3.05, 3.63) is 53.3 Å². The molecule has 11 heteroatoms. The topological polar surface area (TPSA) is 125 Å². The van der Waals surface area contributed by atoms with Crippen molar-refractivity contribution in [1.82, 2.24) is 4.90 Å². The molecule has 1 fully saturated rings. The molecule has 3 aliphatic heterocycles. The molecule has 2 N–H and O–H groups in total. The molecule has 0 saturated carbocycles. The van der Waals surface area contributed by atoms with E-state index in [1.165, 1.54) is 0 Å². The van der Waals surface area contributed by atoms with Crippen LogP contribution in [0.15, 0.2) is 53.3 Å². The normalized spacial score (nSPS) is 37.8. The molecule has 2 bridgehead atoms. The second kappa shape index (κ2) is 15.3. The van der Waals surface area contributed by atoms with Crippen molar-refractivity contribution in [1.29, 1.82) is 0 Å². The van der Waals surface area contributed by atoms with Gasteiger partial charge >= 0.3 is 12.1 Å². The van der Waals surface area contributed by atoms with Gasteiger partial charge in [-0.05, 0) is 97.8 Å². The fourth-order valence-corrected chi connectivity index (χ4v) is 7.46. The Hall–Kier alpha value is -2.96. The summed E-state index contributed by atoms with van der Waals surface area (Å²) in [6.07, 6.45) is -1.82. The summed E-state index contributed by atoms with van der Waals surface area (Å²) in [6.45, 7) is 15.2. The highest BCUT2D eigenvalue weighted by Crippen LogP contribution is 2.43. The second-order valence-electron chi connectivity index (χ2n) is 14.4. The Labute approximate surface area is 285 Å². The molecule has 0 aliphatic carbocycles. The van der Waals surface area contributed by atoms with Gasteiger partial charge in [0.15, 0.2) is 18.0 Å². The number of carbonyl (C=O) groups is 2. The first-order chi connectivity index (χ1) is 22.5. The second-order valence-corrected chi connectivity index (χ2v) is 14.4. The number of likely N-dealkylation sites (N-methyl/N-ethyl adjacent to an activating group) is 1. The molecule has 1 saturated heterocycles. The third-order valence-electron chi connectivity index (χ3n) is 10.2. The Morgan fingerprint density at radius 2 is 1.79 bits per heavy atom. The van der Waals surface area contributed by atoms with E-state index in [-0.39, 0.29) is 12.1 Å². The lowest BCUT2D eigenvalue weighted by atomic mass is 9.78. The molecule has 268 valence electrons. The summed E-state index contributed by atoms with van der Waals surface area (Å²) >= 11 is 0. The minimum absolute atomic E-state index is 0.232. The lowest BCUT2D eigenvalue weighted by Gasteiger charge is -2.48. The highest BCUT2D eigenvalue weighted by molar-refractivity contribution is 5.84. The Balaban J connectivity index is 1.76. The number of fused-ring (bicyclic) bond motifs is 2. The zero-order valence-electron chi connectivity index (χ0n) is 30.4. The zero-order chi connectivity index (χ0) is 35.6. The summed E-state index contributed by atoms with van der Waals surface area (Å²) < 4.78 is 38.3. The van der Waals surface area contributed by atoms with Gasteiger partial charge in [-0.2, -0.15) is 0 Å². The van der Waals surface area contributed by atoms with Gasteiger partial charge in [0.05, 0.1) is 35.9 Å². The lowest BCUT2D eigenvalue weighted by molar-refractivity contribution is -0.298. The van der Waals surface area contributed by atoms with Gasteiger partial charge in [-0.1, -0.05) is 32.0 Å². The van der Waals surface area contributed by atoms with Gasteiger partial charge in [0.2, 0.25) is 0 Å². The van der Waals surface area contributed by atoms with Crippen LogP contribution in [0.3, 0.4) is 0 Å². The monoisotopic (exact) mass is 672 g/mol. The van der Waals surface area contributed by atoms with E-state index in [1.54, 1.807) is 26.2 Å². The average Bonchev–Trinajstić information content (AvgIpc) is 3.36. The van der Waals surface area contributed by atoms with Crippen molar-refractivity contribution in [2.45, 2.75) is 129 Å². The Morgan fingerprint density at radius 3 is 2.40 bits per heavy atom. The number of hydrogen-bond donors (Lipinski definition) is 2. The molecule has 0 spiro atoms. The maximum absolute atomic E-state index is 13.6. The predicted molar refractivity (Wildman–Crippen MR) is 182 cm³/mol. The van der Waals surface area contributed by atoms with Crippen LogP contribution in [-0.2, 0) is 33.2 Å². The molecular weight excluding hydrogens is 616 g/mol. The molecular formula is C37H56N2O9. The fraction of sp³-hybridized carbons (Fsp3) is 0.676. The number of ether oxygens (including phenoxy) is 6. The van der Waals surface area contributed by atoms with Gasteiger partial charge in [0.1, 0.15) is 11.9 Å². The number of nitrogens with one attached hydrogen (secondary N) is 1. The molecule has 0 aromatic heterocycles. The van der Waals surface area contributed by atoms with Gasteiger partial charge in [-0.15, -0.1) is 0 Å². The van der Waals surface area contributed by atoms with E-state index >= 15 is 0 Å². The number of rotatable bonds is 7. The predicted octanol–water partition coefficient (Wildman–Crippen LogP) is 5.83. The van der Waals surface area contributed by atoms with Gasteiger partial charge in [-0.25, -0.2) is 4.79 Å².